The first kappa shape index (κ1) is 10.7. The van der Waals surface area contributed by atoms with E-state index in [4.69, 9.17) is 0 Å². The van der Waals surface area contributed by atoms with Gasteiger partial charge in [-0.25, -0.2) is 0 Å². The summed E-state index contributed by atoms with van der Waals surface area (Å²) in [5, 5.41) is 0. The Hall–Kier alpha value is -0.760. The molecule has 1 aliphatic heterocycles. The van der Waals surface area contributed by atoms with Crippen LogP contribution in [0, 0.1) is 0 Å². The Balaban J connectivity index is 2.25. The van der Waals surface area contributed by atoms with Gasteiger partial charge < -0.3 is 4.57 Å². The molecule has 0 aromatic carbocycles. The molecule has 0 bridgehead atoms. The van der Waals surface area contributed by atoms with Crippen LogP contribution in [0.3, 0.4) is 0 Å². The monoisotopic (exact) mass is 206 g/mol. The van der Waals surface area contributed by atoms with Crippen molar-refractivity contribution in [2.45, 2.75) is 59.3 Å². The first-order valence-electron chi connectivity index (χ1n) is 5.83. The maximum Gasteiger partial charge on any atom is 0.0399 e. The van der Waals surface area contributed by atoms with Gasteiger partial charge in [-0.2, -0.15) is 0 Å². The van der Waals surface area contributed by atoms with Gasteiger partial charge in [0.05, 0.1) is 0 Å². The van der Waals surface area contributed by atoms with Crippen LogP contribution in [0.1, 0.15) is 51.9 Å². The lowest BCUT2D eigenvalue weighted by molar-refractivity contribution is 0.133. The van der Waals surface area contributed by atoms with E-state index in [1.54, 1.807) is 0 Å². The van der Waals surface area contributed by atoms with Crippen LogP contribution < -0.4 is 0 Å². The molecule has 0 radical (unpaired) electrons. The van der Waals surface area contributed by atoms with Crippen molar-refractivity contribution in [2.75, 3.05) is 0 Å². The first-order valence-corrected chi connectivity index (χ1v) is 5.83. The Morgan fingerprint density at radius 1 is 1.20 bits per heavy atom. The molecule has 0 saturated carbocycles. The summed E-state index contributed by atoms with van der Waals surface area (Å²) in [4.78, 5) is 2.54. The third-order valence-electron chi connectivity index (χ3n) is 3.33. The fraction of sp³-hybridized carbons (Fsp3) is 0.692. The summed E-state index contributed by atoms with van der Waals surface area (Å²) in [6.45, 7) is 13.6. The first-order chi connectivity index (χ1) is 6.89. The Kier molecular flexibility index (Phi) is 2.42. The van der Waals surface area contributed by atoms with E-state index in [2.05, 4.69) is 56.3 Å². The molecule has 84 valence electrons. The fourth-order valence-corrected chi connectivity index (χ4v) is 2.25. The van der Waals surface area contributed by atoms with Crippen molar-refractivity contribution in [2.24, 2.45) is 0 Å². The number of fused-ring (bicyclic) bond motifs is 1. The molecule has 2 nitrogen and oxygen atoms in total. The van der Waals surface area contributed by atoms with Gasteiger partial charge in [-0.05, 0) is 46.2 Å². The third kappa shape index (κ3) is 1.83. The van der Waals surface area contributed by atoms with E-state index < -0.39 is 0 Å². The van der Waals surface area contributed by atoms with Gasteiger partial charge in [-0.15, -0.1) is 0 Å². The number of rotatable bonds is 1. The van der Waals surface area contributed by atoms with Crippen LogP contribution in [0.4, 0.5) is 0 Å². The zero-order valence-corrected chi connectivity index (χ0v) is 10.5. The molecule has 2 rings (SSSR count). The minimum atomic E-state index is 0.279. The Morgan fingerprint density at radius 2 is 1.87 bits per heavy atom. The summed E-state index contributed by atoms with van der Waals surface area (Å²) in [7, 11) is 0. The summed E-state index contributed by atoms with van der Waals surface area (Å²) in [5.74, 6) is 0. The standard InChI is InChI=1S/C13H22N2/c1-10(2)15-7-6-11-8-14(9-12(11)15)13(3,4)5/h6-7,10H,8-9H2,1-5H3. The minimum Gasteiger partial charge on any atom is -0.347 e. The van der Waals surface area contributed by atoms with Gasteiger partial charge in [0.25, 0.3) is 0 Å². The quantitative estimate of drug-likeness (QED) is 0.685. The van der Waals surface area contributed by atoms with Crippen LogP contribution in [0.2, 0.25) is 0 Å². The van der Waals surface area contributed by atoms with Crippen LogP contribution in [0.25, 0.3) is 0 Å². The second-order valence-electron chi connectivity index (χ2n) is 5.82. The summed E-state index contributed by atoms with van der Waals surface area (Å²) >= 11 is 0. The smallest absolute Gasteiger partial charge is 0.0399 e. The lowest BCUT2D eigenvalue weighted by Crippen LogP contribution is -2.37. The second-order valence-corrected chi connectivity index (χ2v) is 5.82. The Labute approximate surface area is 92.9 Å². The van der Waals surface area contributed by atoms with E-state index in [9.17, 15) is 0 Å². The maximum absolute atomic E-state index is 2.54. The van der Waals surface area contributed by atoms with Crippen molar-refractivity contribution < 1.29 is 0 Å². The molecule has 0 spiro atoms. The van der Waals surface area contributed by atoms with Crippen molar-refractivity contribution in [3.05, 3.63) is 23.5 Å². The average molecular weight is 206 g/mol. The molecule has 0 amide bonds. The minimum absolute atomic E-state index is 0.279. The van der Waals surface area contributed by atoms with Gasteiger partial charge in [-0.1, -0.05) is 0 Å². The highest BCUT2D eigenvalue weighted by atomic mass is 15.2. The molecule has 0 fully saturated rings. The lowest BCUT2D eigenvalue weighted by Gasteiger charge is -2.31. The molecule has 15 heavy (non-hydrogen) atoms. The van der Waals surface area contributed by atoms with Gasteiger partial charge in [-0.3, -0.25) is 4.90 Å². The van der Waals surface area contributed by atoms with Gasteiger partial charge >= 0.3 is 0 Å². The molecular weight excluding hydrogens is 184 g/mol. The predicted molar refractivity (Wildman–Crippen MR) is 63.8 cm³/mol. The summed E-state index contributed by atoms with van der Waals surface area (Å²) < 4.78 is 2.40. The lowest BCUT2D eigenvalue weighted by atomic mass is 10.1. The molecule has 2 heteroatoms. The van der Waals surface area contributed by atoms with E-state index in [1.807, 2.05) is 0 Å². The zero-order chi connectivity index (χ0) is 11.2. The molecule has 1 aliphatic rings. The molecule has 0 unspecified atom stereocenters. The summed E-state index contributed by atoms with van der Waals surface area (Å²) in [6, 6.07) is 2.86. The fourth-order valence-electron chi connectivity index (χ4n) is 2.25. The molecule has 0 saturated heterocycles. The highest BCUT2D eigenvalue weighted by Gasteiger charge is 2.30. The van der Waals surface area contributed by atoms with Crippen LogP contribution in [0.15, 0.2) is 12.3 Å². The van der Waals surface area contributed by atoms with Gasteiger partial charge in [0, 0.05) is 36.6 Å². The third-order valence-corrected chi connectivity index (χ3v) is 3.33. The molecule has 0 N–H and O–H groups in total. The normalized spacial score (nSPS) is 17.5. The summed E-state index contributed by atoms with van der Waals surface area (Å²) in [6.07, 6.45) is 2.23. The van der Waals surface area contributed by atoms with Gasteiger partial charge in [0.15, 0.2) is 0 Å². The van der Waals surface area contributed by atoms with E-state index in [0.29, 0.717) is 6.04 Å². The summed E-state index contributed by atoms with van der Waals surface area (Å²) in [5.41, 5.74) is 3.31. The topological polar surface area (TPSA) is 8.17 Å². The van der Waals surface area contributed by atoms with Gasteiger partial charge in [0.2, 0.25) is 0 Å². The van der Waals surface area contributed by atoms with Crippen molar-refractivity contribution in [1.29, 1.82) is 0 Å². The zero-order valence-electron chi connectivity index (χ0n) is 10.5. The van der Waals surface area contributed by atoms with E-state index in [0.717, 1.165) is 13.1 Å². The number of aromatic nitrogens is 1. The van der Waals surface area contributed by atoms with Crippen LogP contribution in [0.5, 0.6) is 0 Å². The maximum atomic E-state index is 2.54. The van der Waals surface area contributed by atoms with Crippen molar-refractivity contribution in [3.8, 4) is 0 Å². The predicted octanol–water partition coefficient (Wildman–Crippen LogP) is 3.18. The number of hydrogen-bond acceptors (Lipinski definition) is 1. The number of nitrogens with zero attached hydrogens (tertiary/aromatic N) is 2. The van der Waals surface area contributed by atoms with Gasteiger partial charge in [0.1, 0.15) is 0 Å². The molecule has 1 aromatic heterocycles. The molecule has 0 atom stereocenters. The van der Waals surface area contributed by atoms with E-state index in [-0.39, 0.29) is 5.54 Å². The van der Waals surface area contributed by atoms with Crippen LogP contribution in [-0.4, -0.2) is 15.0 Å². The highest BCUT2D eigenvalue weighted by molar-refractivity contribution is 5.27. The highest BCUT2D eigenvalue weighted by Crippen LogP contribution is 2.31. The largest absolute Gasteiger partial charge is 0.347 e. The molecular formula is C13H22N2. The second kappa shape index (κ2) is 3.38. The van der Waals surface area contributed by atoms with E-state index in [1.165, 1.54) is 11.3 Å². The van der Waals surface area contributed by atoms with Crippen LogP contribution in [-0.2, 0) is 13.1 Å². The van der Waals surface area contributed by atoms with Crippen molar-refractivity contribution in [1.82, 2.24) is 9.47 Å². The van der Waals surface area contributed by atoms with Crippen molar-refractivity contribution in [3.63, 3.8) is 0 Å². The molecule has 0 aliphatic carbocycles. The SMILES string of the molecule is CC(C)n1ccc2c1CN(C(C)(C)C)C2. The Morgan fingerprint density at radius 3 is 2.40 bits per heavy atom. The average Bonchev–Trinajstić information content (AvgIpc) is 2.56. The van der Waals surface area contributed by atoms with Crippen molar-refractivity contribution >= 4 is 0 Å². The Bertz CT molecular complexity index is 355. The molecule has 2 heterocycles. The van der Waals surface area contributed by atoms with E-state index >= 15 is 0 Å². The van der Waals surface area contributed by atoms with Crippen LogP contribution >= 0.6 is 0 Å². The molecule has 1 aromatic rings. The number of hydrogen-bond donors (Lipinski definition) is 0.